The number of benzene rings is 2. The number of nitrogens with zero attached hydrogens (tertiary/aromatic N) is 3. The zero-order valence-corrected chi connectivity index (χ0v) is 19.0. The van der Waals surface area contributed by atoms with Crippen LogP contribution in [0.2, 0.25) is 0 Å². The second kappa shape index (κ2) is 9.19. The van der Waals surface area contributed by atoms with Crippen LogP contribution < -0.4 is 5.32 Å². The van der Waals surface area contributed by atoms with Gasteiger partial charge in [-0.25, -0.2) is 8.78 Å². The van der Waals surface area contributed by atoms with Crippen molar-refractivity contribution in [2.75, 3.05) is 13.1 Å². The topological polar surface area (TPSA) is 93.5 Å². The second-order valence-corrected chi connectivity index (χ2v) is 9.39. The lowest BCUT2D eigenvalue weighted by Gasteiger charge is -2.32. The summed E-state index contributed by atoms with van der Waals surface area (Å²) in [6.45, 7) is 2.01. The minimum atomic E-state index is -0.733. The highest BCUT2D eigenvalue weighted by molar-refractivity contribution is 6.05. The van der Waals surface area contributed by atoms with Crippen LogP contribution >= 0.6 is 0 Å². The molecule has 2 aromatic rings. The molecule has 2 fully saturated rings. The van der Waals surface area contributed by atoms with Crippen LogP contribution in [0.25, 0.3) is 0 Å². The van der Waals surface area contributed by atoms with Crippen molar-refractivity contribution >= 4 is 17.7 Å². The number of imide groups is 1. The average Bonchev–Trinajstić information content (AvgIpc) is 3.14. The van der Waals surface area contributed by atoms with E-state index in [1.807, 2.05) is 0 Å². The van der Waals surface area contributed by atoms with Crippen LogP contribution in [0, 0.1) is 23.0 Å². The lowest BCUT2D eigenvalue weighted by Crippen LogP contribution is -2.52. The highest BCUT2D eigenvalue weighted by Gasteiger charge is 2.40. The summed E-state index contributed by atoms with van der Waals surface area (Å²) >= 11 is 0. The molecular weight excluding hydrogens is 454 g/mol. The molecule has 0 aromatic heterocycles. The van der Waals surface area contributed by atoms with Gasteiger partial charge in [0.25, 0.3) is 5.91 Å². The number of nitrogens with one attached hydrogen (secondary N) is 1. The van der Waals surface area contributed by atoms with E-state index < -0.39 is 23.7 Å². The summed E-state index contributed by atoms with van der Waals surface area (Å²) in [5.41, 5.74) is 2.61. The SMILES string of the molecule is N#Cc1ccc(F)cc1CN1CCC(c2cc3c(cc2F)C(=O)N(C2CCC(=O)NC2=O)C3)CC1. The molecule has 1 atom stereocenters. The fourth-order valence-corrected chi connectivity index (χ4v) is 5.37. The zero-order valence-electron chi connectivity index (χ0n) is 19.0. The van der Waals surface area contributed by atoms with Crippen molar-refractivity contribution < 1.29 is 23.2 Å². The molecule has 0 spiro atoms. The van der Waals surface area contributed by atoms with Gasteiger partial charge in [0.05, 0.1) is 11.6 Å². The van der Waals surface area contributed by atoms with E-state index in [0.717, 1.165) is 0 Å². The molecule has 3 amide bonds. The standard InChI is InChI=1S/C26H24F2N4O3/c27-19-2-1-16(12-29)17(9-19)13-31-7-5-15(6-8-31)20-10-18-14-32(26(35)21(18)11-22(20)28)23-3-4-24(33)30-25(23)34/h1-2,9-11,15,23H,3-8,13-14H2,(H,30,33,34). The van der Waals surface area contributed by atoms with Crippen LogP contribution in [0.15, 0.2) is 30.3 Å². The molecule has 3 aliphatic heterocycles. The first-order chi connectivity index (χ1) is 16.8. The van der Waals surface area contributed by atoms with E-state index in [1.165, 1.54) is 29.2 Å². The molecule has 1 unspecified atom stereocenters. The molecular formula is C26H24F2N4O3. The number of fused-ring (bicyclic) bond motifs is 1. The number of carbonyl (C=O) groups is 3. The summed E-state index contributed by atoms with van der Waals surface area (Å²) in [7, 11) is 0. The predicted molar refractivity (Wildman–Crippen MR) is 121 cm³/mol. The number of nitriles is 1. The van der Waals surface area contributed by atoms with Gasteiger partial charge in [-0.05, 0) is 79.2 Å². The molecule has 0 bridgehead atoms. The Morgan fingerprint density at radius 2 is 1.83 bits per heavy atom. The van der Waals surface area contributed by atoms with Crippen molar-refractivity contribution in [3.8, 4) is 6.07 Å². The quantitative estimate of drug-likeness (QED) is 0.682. The van der Waals surface area contributed by atoms with Crippen LogP contribution in [0.1, 0.15) is 64.2 Å². The summed E-state index contributed by atoms with van der Waals surface area (Å²) in [4.78, 5) is 40.1. The minimum Gasteiger partial charge on any atom is -0.322 e. The van der Waals surface area contributed by atoms with Crippen LogP contribution in [0.5, 0.6) is 0 Å². The number of carbonyl (C=O) groups excluding carboxylic acids is 3. The molecule has 0 radical (unpaired) electrons. The molecule has 180 valence electrons. The number of hydrogen-bond donors (Lipinski definition) is 1. The van der Waals surface area contributed by atoms with Gasteiger partial charge in [0.2, 0.25) is 11.8 Å². The maximum Gasteiger partial charge on any atom is 0.255 e. The van der Waals surface area contributed by atoms with Crippen LogP contribution in [-0.2, 0) is 22.7 Å². The highest BCUT2D eigenvalue weighted by atomic mass is 19.1. The minimum absolute atomic E-state index is 0.0285. The Hall–Kier alpha value is -3.64. The number of likely N-dealkylation sites (tertiary alicyclic amines) is 1. The van der Waals surface area contributed by atoms with E-state index in [1.54, 1.807) is 6.07 Å². The molecule has 1 N–H and O–H groups in total. The predicted octanol–water partition coefficient (Wildman–Crippen LogP) is 2.98. The van der Waals surface area contributed by atoms with Crippen molar-refractivity contribution in [1.29, 1.82) is 5.26 Å². The van der Waals surface area contributed by atoms with E-state index in [2.05, 4.69) is 16.3 Å². The molecule has 2 aromatic carbocycles. The molecule has 7 nitrogen and oxygen atoms in total. The smallest absolute Gasteiger partial charge is 0.255 e. The van der Waals surface area contributed by atoms with Crippen molar-refractivity contribution in [2.24, 2.45) is 0 Å². The molecule has 3 aliphatic rings. The van der Waals surface area contributed by atoms with Gasteiger partial charge in [-0.15, -0.1) is 0 Å². The zero-order chi connectivity index (χ0) is 24.7. The summed E-state index contributed by atoms with van der Waals surface area (Å²) in [6, 6.07) is 8.53. The van der Waals surface area contributed by atoms with E-state index >= 15 is 4.39 Å². The maximum atomic E-state index is 15.1. The molecule has 0 aliphatic carbocycles. The molecule has 0 saturated carbocycles. The van der Waals surface area contributed by atoms with Crippen molar-refractivity contribution in [3.63, 3.8) is 0 Å². The van der Waals surface area contributed by atoms with Crippen molar-refractivity contribution in [2.45, 2.75) is 50.7 Å². The molecule has 2 saturated heterocycles. The third-order valence-corrected chi connectivity index (χ3v) is 7.25. The lowest BCUT2D eigenvalue weighted by atomic mass is 9.87. The van der Waals surface area contributed by atoms with E-state index in [9.17, 15) is 24.0 Å². The summed E-state index contributed by atoms with van der Waals surface area (Å²) in [6.07, 6.45) is 1.81. The van der Waals surface area contributed by atoms with E-state index in [-0.39, 0.29) is 42.6 Å². The number of piperidine rings is 2. The third-order valence-electron chi connectivity index (χ3n) is 7.25. The Kier molecular flexibility index (Phi) is 6.07. The first-order valence-electron chi connectivity index (χ1n) is 11.7. The summed E-state index contributed by atoms with van der Waals surface area (Å²) in [5, 5.41) is 11.6. The molecule has 5 rings (SSSR count). The van der Waals surface area contributed by atoms with Gasteiger partial charge in [-0.1, -0.05) is 6.07 Å². The fourth-order valence-electron chi connectivity index (χ4n) is 5.37. The van der Waals surface area contributed by atoms with E-state index in [4.69, 9.17) is 0 Å². The van der Waals surface area contributed by atoms with Gasteiger partial charge in [-0.2, -0.15) is 5.26 Å². The van der Waals surface area contributed by atoms with Gasteiger partial charge in [0, 0.05) is 25.1 Å². The first kappa shape index (κ1) is 23.1. The largest absolute Gasteiger partial charge is 0.322 e. The van der Waals surface area contributed by atoms with E-state index in [0.29, 0.717) is 54.7 Å². The van der Waals surface area contributed by atoms with Gasteiger partial charge < -0.3 is 4.90 Å². The maximum absolute atomic E-state index is 15.1. The van der Waals surface area contributed by atoms with Crippen LogP contribution in [-0.4, -0.2) is 46.7 Å². The fraction of sp³-hybridized carbons (Fsp3) is 0.385. The van der Waals surface area contributed by atoms with Gasteiger partial charge >= 0.3 is 0 Å². The first-order valence-corrected chi connectivity index (χ1v) is 11.7. The molecule has 3 heterocycles. The Labute approximate surface area is 201 Å². The average molecular weight is 478 g/mol. The number of rotatable bonds is 4. The highest BCUT2D eigenvalue weighted by Crippen LogP contribution is 2.35. The van der Waals surface area contributed by atoms with Gasteiger partial charge in [-0.3, -0.25) is 24.6 Å². The molecule has 9 heteroatoms. The van der Waals surface area contributed by atoms with Crippen LogP contribution in [0.4, 0.5) is 8.78 Å². The van der Waals surface area contributed by atoms with Crippen molar-refractivity contribution in [3.05, 3.63) is 69.8 Å². The summed E-state index contributed by atoms with van der Waals surface area (Å²) in [5.74, 6) is -2.07. The van der Waals surface area contributed by atoms with Crippen molar-refractivity contribution in [1.82, 2.24) is 15.1 Å². The molecule has 35 heavy (non-hydrogen) atoms. The lowest BCUT2D eigenvalue weighted by molar-refractivity contribution is -0.136. The number of halogens is 2. The number of hydrogen-bond acceptors (Lipinski definition) is 5. The van der Waals surface area contributed by atoms with Crippen LogP contribution in [0.3, 0.4) is 0 Å². The Bertz CT molecular complexity index is 1260. The van der Waals surface area contributed by atoms with Gasteiger partial charge in [0.15, 0.2) is 0 Å². The second-order valence-electron chi connectivity index (χ2n) is 9.39. The Morgan fingerprint density at radius 1 is 1.06 bits per heavy atom. The Morgan fingerprint density at radius 3 is 2.54 bits per heavy atom. The normalized spacial score (nSPS) is 21.1. The summed E-state index contributed by atoms with van der Waals surface area (Å²) < 4.78 is 28.8. The monoisotopic (exact) mass is 478 g/mol. The van der Waals surface area contributed by atoms with Gasteiger partial charge in [0.1, 0.15) is 17.7 Å². The third kappa shape index (κ3) is 4.42. The number of amides is 3. The Balaban J connectivity index is 1.27.